The number of nitrogens with zero attached hydrogens (tertiary/aromatic N) is 3. The molecule has 0 aliphatic carbocycles. The molecule has 2 aromatic heterocycles. The zero-order valence-corrected chi connectivity index (χ0v) is 12.4. The maximum atomic E-state index is 5.92. The van der Waals surface area contributed by atoms with Crippen LogP contribution < -0.4 is 5.73 Å². The molecular weight excluding hydrogens is 351 g/mol. The van der Waals surface area contributed by atoms with Crippen molar-refractivity contribution in [1.82, 2.24) is 15.0 Å². The molecule has 0 saturated carbocycles. The van der Waals surface area contributed by atoms with E-state index in [1.54, 1.807) is 0 Å². The summed E-state index contributed by atoms with van der Waals surface area (Å²) in [4.78, 5) is 13.1. The number of rotatable bonds is 1. The molecule has 2 heterocycles. The molecule has 0 unspecified atom stereocenters. The fraction of sp³-hybridized carbons (Fsp3) is 0.0714. The van der Waals surface area contributed by atoms with Crippen molar-refractivity contribution in [2.75, 3.05) is 5.73 Å². The minimum atomic E-state index is 0.426. The summed E-state index contributed by atoms with van der Waals surface area (Å²) in [5.74, 6) is 1.09. The highest BCUT2D eigenvalue weighted by atomic mass is 127. The highest BCUT2D eigenvalue weighted by Gasteiger charge is 2.07. The van der Waals surface area contributed by atoms with E-state index in [4.69, 9.17) is 5.73 Å². The van der Waals surface area contributed by atoms with Gasteiger partial charge in [-0.15, -0.1) is 0 Å². The van der Waals surface area contributed by atoms with Crippen molar-refractivity contribution < 1.29 is 0 Å². The Morgan fingerprint density at radius 2 is 1.89 bits per heavy atom. The molecule has 3 aromatic rings. The lowest BCUT2D eigenvalue weighted by Crippen LogP contribution is -1.99. The number of anilines is 1. The van der Waals surface area contributed by atoms with Crippen LogP contribution in [0, 0.1) is 10.5 Å². The predicted molar refractivity (Wildman–Crippen MR) is 84.6 cm³/mol. The first kappa shape index (κ1) is 12.3. The molecular formula is C14H11IN4. The number of pyridine rings is 1. The molecule has 0 saturated heterocycles. The fourth-order valence-electron chi connectivity index (χ4n) is 1.97. The molecule has 19 heavy (non-hydrogen) atoms. The van der Waals surface area contributed by atoms with Crippen molar-refractivity contribution in [1.29, 1.82) is 0 Å². The van der Waals surface area contributed by atoms with E-state index in [1.807, 2.05) is 37.3 Å². The van der Waals surface area contributed by atoms with Gasteiger partial charge in [0.1, 0.15) is 11.3 Å². The maximum Gasteiger partial charge on any atom is 0.153 e. The molecule has 94 valence electrons. The molecule has 5 heteroatoms. The number of hydrogen-bond donors (Lipinski definition) is 1. The molecule has 0 radical (unpaired) electrons. The Kier molecular flexibility index (Phi) is 3.06. The van der Waals surface area contributed by atoms with Crippen LogP contribution in [0.5, 0.6) is 0 Å². The summed E-state index contributed by atoms with van der Waals surface area (Å²) in [5.41, 5.74) is 9.29. The highest BCUT2D eigenvalue weighted by Crippen LogP contribution is 2.23. The second kappa shape index (κ2) is 4.73. The zero-order chi connectivity index (χ0) is 13.4. The van der Waals surface area contributed by atoms with E-state index in [0.29, 0.717) is 17.2 Å². The van der Waals surface area contributed by atoms with Crippen molar-refractivity contribution in [3.05, 3.63) is 45.8 Å². The molecule has 3 rings (SSSR count). The Hall–Kier alpha value is -1.76. The van der Waals surface area contributed by atoms with E-state index < -0.39 is 0 Å². The fourth-order valence-corrected chi connectivity index (χ4v) is 2.51. The van der Waals surface area contributed by atoms with Gasteiger partial charge < -0.3 is 5.73 Å². The van der Waals surface area contributed by atoms with E-state index in [2.05, 4.69) is 43.6 Å². The average molecular weight is 362 g/mol. The monoisotopic (exact) mass is 362 g/mol. The SMILES string of the molecule is Cc1nc(N)c2nc(-c3cccc(I)c3)ccc2n1. The van der Waals surface area contributed by atoms with Crippen LogP contribution in [0.25, 0.3) is 22.3 Å². The molecule has 0 fully saturated rings. The Morgan fingerprint density at radius 3 is 2.68 bits per heavy atom. The largest absolute Gasteiger partial charge is 0.382 e. The minimum Gasteiger partial charge on any atom is -0.382 e. The molecule has 0 atom stereocenters. The highest BCUT2D eigenvalue weighted by molar-refractivity contribution is 14.1. The van der Waals surface area contributed by atoms with Crippen LogP contribution in [0.2, 0.25) is 0 Å². The lowest BCUT2D eigenvalue weighted by molar-refractivity contribution is 1.09. The Labute approximate surface area is 124 Å². The van der Waals surface area contributed by atoms with Crippen LogP contribution >= 0.6 is 22.6 Å². The summed E-state index contributed by atoms with van der Waals surface area (Å²) >= 11 is 2.28. The van der Waals surface area contributed by atoms with E-state index in [0.717, 1.165) is 16.8 Å². The summed E-state index contributed by atoms with van der Waals surface area (Å²) < 4.78 is 1.17. The van der Waals surface area contributed by atoms with Gasteiger partial charge in [-0.1, -0.05) is 12.1 Å². The molecule has 1 aromatic carbocycles. The number of nitrogen functional groups attached to an aromatic ring is 1. The van der Waals surface area contributed by atoms with Crippen LogP contribution in [0.1, 0.15) is 5.82 Å². The summed E-state index contributed by atoms with van der Waals surface area (Å²) in [5, 5.41) is 0. The number of aromatic nitrogens is 3. The third-order valence-corrected chi connectivity index (χ3v) is 3.47. The topological polar surface area (TPSA) is 64.7 Å². The quantitative estimate of drug-likeness (QED) is 0.676. The number of fused-ring (bicyclic) bond motifs is 1. The van der Waals surface area contributed by atoms with Crippen molar-refractivity contribution >= 4 is 39.4 Å². The van der Waals surface area contributed by atoms with Crippen LogP contribution in [-0.4, -0.2) is 15.0 Å². The summed E-state index contributed by atoms with van der Waals surface area (Å²) in [7, 11) is 0. The molecule has 0 spiro atoms. The first-order chi connectivity index (χ1) is 9.13. The van der Waals surface area contributed by atoms with E-state index in [1.165, 1.54) is 3.57 Å². The summed E-state index contributed by atoms with van der Waals surface area (Å²) in [6.07, 6.45) is 0. The molecule has 2 N–H and O–H groups in total. The lowest BCUT2D eigenvalue weighted by atomic mass is 10.1. The van der Waals surface area contributed by atoms with Gasteiger partial charge in [-0.2, -0.15) is 0 Å². The number of halogens is 1. The first-order valence-electron chi connectivity index (χ1n) is 5.80. The number of hydrogen-bond acceptors (Lipinski definition) is 4. The Bertz CT molecular complexity index is 770. The van der Waals surface area contributed by atoms with Crippen LogP contribution in [0.3, 0.4) is 0 Å². The summed E-state index contributed by atoms with van der Waals surface area (Å²) in [6.45, 7) is 1.82. The van der Waals surface area contributed by atoms with Crippen LogP contribution in [0.15, 0.2) is 36.4 Å². The third kappa shape index (κ3) is 2.37. The number of aryl methyl sites for hydroxylation is 1. The van der Waals surface area contributed by atoms with E-state index in [-0.39, 0.29) is 0 Å². The standard InChI is InChI=1S/C14H11IN4/c1-8-17-12-6-5-11(19-13(12)14(16)18-8)9-3-2-4-10(15)7-9/h2-7H,1H3,(H2,16,17,18). The van der Waals surface area contributed by atoms with Gasteiger partial charge >= 0.3 is 0 Å². The number of nitrogens with two attached hydrogens (primary N) is 1. The van der Waals surface area contributed by atoms with Crippen LogP contribution in [0.4, 0.5) is 5.82 Å². The maximum absolute atomic E-state index is 5.92. The molecule has 0 bridgehead atoms. The van der Waals surface area contributed by atoms with Crippen molar-refractivity contribution in [2.45, 2.75) is 6.92 Å². The number of benzene rings is 1. The molecule has 0 aliphatic heterocycles. The second-order valence-electron chi connectivity index (χ2n) is 4.23. The molecule has 4 nitrogen and oxygen atoms in total. The van der Waals surface area contributed by atoms with E-state index >= 15 is 0 Å². The second-order valence-corrected chi connectivity index (χ2v) is 5.48. The van der Waals surface area contributed by atoms with Gasteiger partial charge in [0.05, 0.1) is 11.2 Å². The zero-order valence-electron chi connectivity index (χ0n) is 10.3. The van der Waals surface area contributed by atoms with E-state index in [9.17, 15) is 0 Å². The van der Waals surface area contributed by atoms with Gasteiger partial charge in [-0.3, -0.25) is 0 Å². The molecule has 0 aliphatic rings. The van der Waals surface area contributed by atoms with Gasteiger partial charge in [-0.25, -0.2) is 15.0 Å². The Balaban J connectivity index is 2.22. The Morgan fingerprint density at radius 1 is 1.05 bits per heavy atom. The first-order valence-corrected chi connectivity index (χ1v) is 6.88. The normalized spacial score (nSPS) is 10.8. The van der Waals surface area contributed by atoms with Crippen LogP contribution in [-0.2, 0) is 0 Å². The molecule has 0 amide bonds. The lowest BCUT2D eigenvalue weighted by Gasteiger charge is -2.05. The predicted octanol–water partition coefficient (Wildman–Crippen LogP) is 3.19. The van der Waals surface area contributed by atoms with Gasteiger partial charge in [-0.05, 0) is 53.8 Å². The average Bonchev–Trinajstić information content (AvgIpc) is 2.38. The summed E-state index contributed by atoms with van der Waals surface area (Å²) in [6, 6.07) is 12.1. The minimum absolute atomic E-state index is 0.426. The van der Waals surface area contributed by atoms with Gasteiger partial charge in [0.2, 0.25) is 0 Å². The van der Waals surface area contributed by atoms with Crippen molar-refractivity contribution in [3.8, 4) is 11.3 Å². The van der Waals surface area contributed by atoms with Gasteiger partial charge in [0.15, 0.2) is 5.82 Å². The third-order valence-electron chi connectivity index (χ3n) is 2.80. The smallest absolute Gasteiger partial charge is 0.153 e. The van der Waals surface area contributed by atoms with Gasteiger partial charge in [0, 0.05) is 9.13 Å². The van der Waals surface area contributed by atoms with Gasteiger partial charge in [0.25, 0.3) is 0 Å². The van der Waals surface area contributed by atoms with Crippen molar-refractivity contribution in [3.63, 3.8) is 0 Å². The van der Waals surface area contributed by atoms with Crippen molar-refractivity contribution in [2.24, 2.45) is 0 Å².